The maximum absolute atomic E-state index is 11.9. The first-order chi connectivity index (χ1) is 6.88. The van der Waals surface area contributed by atoms with Crippen molar-refractivity contribution in [2.75, 3.05) is 10.2 Å². The van der Waals surface area contributed by atoms with Gasteiger partial charge in [0, 0.05) is 15.7 Å². The average molecular weight is 242 g/mol. The standard InChI is InChI=1S/C10H10OS3/c11-9(8-4-2-1-3-5-8)10-13-6-12-7-14-10/h1-5,10H,6-7H2. The highest BCUT2D eigenvalue weighted by atomic mass is 32.3. The highest BCUT2D eigenvalue weighted by Gasteiger charge is 2.23. The molecule has 0 unspecified atom stereocenters. The normalized spacial score (nSPS) is 18.0. The van der Waals surface area contributed by atoms with E-state index in [2.05, 4.69) is 0 Å². The Morgan fingerprint density at radius 3 is 2.43 bits per heavy atom. The number of hydrogen-bond acceptors (Lipinski definition) is 4. The predicted octanol–water partition coefficient (Wildman–Crippen LogP) is 3.32. The Labute approximate surface area is 96.4 Å². The maximum Gasteiger partial charge on any atom is 0.185 e. The third-order valence-electron chi connectivity index (χ3n) is 1.88. The summed E-state index contributed by atoms with van der Waals surface area (Å²) < 4.78 is 0.110. The summed E-state index contributed by atoms with van der Waals surface area (Å²) >= 11 is 5.37. The Hall–Kier alpha value is -0.0600. The van der Waals surface area contributed by atoms with E-state index in [9.17, 15) is 4.79 Å². The summed E-state index contributed by atoms with van der Waals surface area (Å²) in [6.07, 6.45) is 0. The number of Topliss-reactive ketones (excluding diaryl/α,β-unsaturated/α-hetero) is 1. The van der Waals surface area contributed by atoms with Crippen molar-refractivity contribution in [2.45, 2.75) is 4.58 Å². The lowest BCUT2D eigenvalue weighted by atomic mass is 10.1. The molecule has 0 radical (unpaired) electrons. The Bertz CT molecular complexity index is 306. The molecule has 14 heavy (non-hydrogen) atoms. The third-order valence-corrected chi connectivity index (χ3v) is 6.15. The van der Waals surface area contributed by atoms with E-state index in [-0.39, 0.29) is 10.4 Å². The molecule has 0 bridgehead atoms. The molecule has 1 aliphatic rings. The Kier molecular flexibility index (Phi) is 3.84. The molecular formula is C10H10OS3. The van der Waals surface area contributed by atoms with Gasteiger partial charge < -0.3 is 0 Å². The van der Waals surface area contributed by atoms with Crippen LogP contribution in [-0.2, 0) is 0 Å². The molecule has 0 aromatic heterocycles. The summed E-state index contributed by atoms with van der Waals surface area (Å²) in [6.45, 7) is 0. The molecule has 4 heteroatoms. The molecule has 74 valence electrons. The van der Waals surface area contributed by atoms with Crippen molar-refractivity contribution < 1.29 is 4.79 Å². The van der Waals surface area contributed by atoms with Gasteiger partial charge in [0.15, 0.2) is 5.78 Å². The van der Waals surface area contributed by atoms with Gasteiger partial charge in [-0.15, -0.1) is 35.3 Å². The summed E-state index contributed by atoms with van der Waals surface area (Å²) in [5.74, 6) is 0.265. The quantitative estimate of drug-likeness (QED) is 0.740. The molecule has 1 aromatic carbocycles. The van der Waals surface area contributed by atoms with Gasteiger partial charge in [0.25, 0.3) is 0 Å². The molecule has 2 rings (SSSR count). The number of rotatable bonds is 2. The zero-order valence-electron chi connectivity index (χ0n) is 7.51. The molecule has 1 heterocycles. The van der Waals surface area contributed by atoms with E-state index in [1.807, 2.05) is 42.1 Å². The topological polar surface area (TPSA) is 17.1 Å². The van der Waals surface area contributed by atoms with Gasteiger partial charge in [-0.3, -0.25) is 4.79 Å². The number of ketones is 1. The highest BCUT2D eigenvalue weighted by Crippen LogP contribution is 2.37. The van der Waals surface area contributed by atoms with E-state index in [1.165, 1.54) is 0 Å². The van der Waals surface area contributed by atoms with Crippen molar-refractivity contribution in [3.63, 3.8) is 0 Å². The molecule has 1 nitrogen and oxygen atoms in total. The van der Waals surface area contributed by atoms with Gasteiger partial charge in [-0.2, -0.15) is 0 Å². The fourth-order valence-corrected chi connectivity index (χ4v) is 5.79. The van der Waals surface area contributed by atoms with Gasteiger partial charge in [0.05, 0.1) is 0 Å². The second kappa shape index (κ2) is 5.14. The minimum Gasteiger partial charge on any atom is -0.292 e. The van der Waals surface area contributed by atoms with E-state index < -0.39 is 0 Å². The van der Waals surface area contributed by atoms with Crippen LogP contribution in [0.4, 0.5) is 0 Å². The number of thioether (sulfide) groups is 3. The molecule has 1 fully saturated rings. The van der Waals surface area contributed by atoms with Crippen molar-refractivity contribution in [1.29, 1.82) is 0 Å². The summed E-state index contributed by atoms with van der Waals surface area (Å²) in [5.41, 5.74) is 0.837. The minimum atomic E-state index is 0.110. The molecule has 0 atom stereocenters. The first-order valence-electron chi connectivity index (χ1n) is 4.28. The van der Waals surface area contributed by atoms with Crippen molar-refractivity contribution >= 4 is 41.1 Å². The molecule has 0 spiro atoms. The zero-order valence-corrected chi connectivity index (χ0v) is 9.96. The summed E-state index contributed by atoms with van der Waals surface area (Å²) in [4.78, 5) is 11.9. The largest absolute Gasteiger partial charge is 0.292 e. The van der Waals surface area contributed by atoms with Crippen LogP contribution < -0.4 is 0 Å². The van der Waals surface area contributed by atoms with Gasteiger partial charge in [-0.05, 0) is 0 Å². The number of carbonyl (C=O) groups is 1. The molecule has 1 aromatic rings. The van der Waals surface area contributed by atoms with E-state index >= 15 is 0 Å². The molecular weight excluding hydrogens is 232 g/mol. The second-order valence-corrected chi connectivity index (χ2v) is 7.04. The van der Waals surface area contributed by atoms with Gasteiger partial charge >= 0.3 is 0 Å². The first-order valence-corrected chi connectivity index (χ1v) is 7.53. The summed E-state index contributed by atoms with van der Waals surface area (Å²) in [7, 11) is 0. The van der Waals surface area contributed by atoms with Gasteiger partial charge in [0.1, 0.15) is 4.58 Å². The Balaban J connectivity index is 2.07. The van der Waals surface area contributed by atoms with Crippen LogP contribution >= 0.6 is 35.3 Å². The number of carbonyl (C=O) groups excluding carboxylic acids is 1. The van der Waals surface area contributed by atoms with Crippen molar-refractivity contribution in [1.82, 2.24) is 0 Å². The molecule has 1 saturated heterocycles. The summed E-state index contributed by atoms with van der Waals surface area (Å²) in [5, 5.41) is 2.08. The van der Waals surface area contributed by atoms with Crippen LogP contribution in [-0.4, -0.2) is 20.5 Å². The van der Waals surface area contributed by atoms with E-state index in [0.717, 1.165) is 15.7 Å². The lowest BCUT2D eigenvalue weighted by Gasteiger charge is -2.19. The lowest BCUT2D eigenvalue weighted by molar-refractivity contribution is 0.101. The fourth-order valence-electron chi connectivity index (χ4n) is 1.19. The Morgan fingerprint density at radius 2 is 1.79 bits per heavy atom. The van der Waals surface area contributed by atoms with Crippen molar-refractivity contribution in [3.8, 4) is 0 Å². The first kappa shape index (κ1) is 10.5. The highest BCUT2D eigenvalue weighted by molar-refractivity contribution is 8.33. The molecule has 0 N–H and O–H groups in total. The predicted molar refractivity (Wildman–Crippen MR) is 67.1 cm³/mol. The fraction of sp³-hybridized carbons (Fsp3) is 0.300. The second-order valence-electron chi connectivity index (χ2n) is 2.84. The molecule has 1 aliphatic heterocycles. The minimum absolute atomic E-state index is 0.110. The van der Waals surface area contributed by atoms with E-state index in [4.69, 9.17) is 0 Å². The third kappa shape index (κ3) is 2.49. The molecule has 0 amide bonds. The molecule has 0 saturated carbocycles. The number of hydrogen-bond donors (Lipinski definition) is 0. The van der Waals surface area contributed by atoms with Gasteiger partial charge in [0.2, 0.25) is 0 Å². The van der Waals surface area contributed by atoms with Crippen LogP contribution in [0.5, 0.6) is 0 Å². The smallest absolute Gasteiger partial charge is 0.185 e. The number of benzene rings is 1. The Morgan fingerprint density at radius 1 is 1.14 bits per heavy atom. The van der Waals surface area contributed by atoms with Crippen LogP contribution in [0.3, 0.4) is 0 Å². The van der Waals surface area contributed by atoms with Gasteiger partial charge in [-0.1, -0.05) is 30.3 Å². The van der Waals surface area contributed by atoms with E-state index in [0.29, 0.717) is 0 Å². The maximum atomic E-state index is 11.9. The van der Waals surface area contributed by atoms with Crippen molar-refractivity contribution in [3.05, 3.63) is 35.9 Å². The monoisotopic (exact) mass is 242 g/mol. The van der Waals surface area contributed by atoms with Crippen LogP contribution in [0, 0.1) is 0 Å². The lowest BCUT2D eigenvalue weighted by Crippen LogP contribution is -2.16. The van der Waals surface area contributed by atoms with Gasteiger partial charge in [-0.25, -0.2) is 0 Å². The van der Waals surface area contributed by atoms with E-state index in [1.54, 1.807) is 23.5 Å². The SMILES string of the molecule is O=C(c1ccccc1)C1SCSCS1. The van der Waals surface area contributed by atoms with Crippen molar-refractivity contribution in [2.24, 2.45) is 0 Å². The zero-order chi connectivity index (χ0) is 9.80. The molecule has 0 aliphatic carbocycles. The van der Waals surface area contributed by atoms with Crippen LogP contribution in [0.25, 0.3) is 0 Å². The van der Waals surface area contributed by atoms with Crippen LogP contribution in [0.1, 0.15) is 10.4 Å². The average Bonchev–Trinajstić information content (AvgIpc) is 2.30. The summed E-state index contributed by atoms with van der Waals surface area (Å²) in [6, 6.07) is 9.56. The van der Waals surface area contributed by atoms with Crippen LogP contribution in [0.15, 0.2) is 30.3 Å². The van der Waals surface area contributed by atoms with Crippen LogP contribution in [0.2, 0.25) is 0 Å².